The molecular weight excluding hydrogens is 450 g/mol. The Bertz CT molecular complexity index is 1440. The second kappa shape index (κ2) is 9.13. The Labute approximate surface area is 201 Å². The van der Waals surface area contributed by atoms with Gasteiger partial charge in [-0.25, -0.2) is 4.57 Å². The van der Waals surface area contributed by atoms with Crippen LogP contribution in [-0.4, -0.2) is 43.5 Å². The summed E-state index contributed by atoms with van der Waals surface area (Å²) >= 11 is 1.34. The number of para-hydroxylation sites is 1. The van der Waals surface area contributed by atoms with Gasteiger partial charge in [-0.2, -0.15) is 0 Å². The van der Waals surface area contributed by atoms with E-state index in [0.717, 1.165) is 31.2 Å². The zero-order chi connectivity index (χ0) is 23.8. The number of thioether (sulfide) groups is 1. The molecule has 1 saturated carbocycles. The number of hydrogen-bond donors (Lipinski definition) is 1. The second-order valence-corrected chi connectivity index (χ2v) is 10.0. The Balaban J connectivity index is 1.64. The van der Waals surface area contributed by atoms with E-state index in [4.69, 9.17) is 4.74 Å². The molecular formula is C25H27N5O3S. The summed E-state index contributed by atoms with van der Waals surface area (Å²) in [6.45, 7) is 3.83. The van der Waals surface area contributed by atoms with E-state index in [1.54, 1.807) is 13.2 Å². The molecule has 2 aromatic carbocycles. The number of carbonyl (C=O) groups excluding carboxylic acids is 1. The van der Waals surface area contributed by atoms with Gasteiger partial charge in [0.05, 0.1) is 29.0 Å². The molecule has 1 N–H and O–H groups in total. The predicted octanol–water partition coefficient (Wildman–Crippen LogP) is 3.89. The molecule has 0 spiro atoms. The van der Waals surface area contributed by atoms with E-state index in [-0.39, 0.29) is 22.8 Å². The lowest BCUT2D eigenvalue weighted by Crippen LogP contribution is -2.37. The van der Waals surface area contributed by atoms with Crippen molar-refractivity contribution in [1.29, 1.82) is 0 Å². The molecule has 8 nitrogen and oxygen atoms in total. The molecule has 0 bridgehead atoms. The van der Waals surface area contributed by atoms with Crippen LogP contribution in [0, 0.1) is 6.92 Å². The number of fused-ring (bicyclic) bond motifs is 3. The number of carbonyl (C=O) groups is 1. The maximum absolute atomic E-state index is 13.6. The third kappa shape index (κ3) is 3.94. The highest BCUT2D eigenvalue weighted by molar-refractivity contribution is 8.00. The number of rotatable bonds is 6. The van der Waals surface area contributed by atoms with Crippen LogP contribution < -0.4 is 15.6 Å². The molecule has 1 aliphatic carbocycles. The minimum absolute atomic E-state index is 0.00775. The standard InChI is InChI=1S/C25H27N5O3S/c1-15-12-13-21(33-3)20(14-15)29-23(32)18-10-6-7-11-19(18)30-24(29)27-28-25(30)34-16(2)22(31)26-17-8-4-5-9-17/h6-7,10-14,16-17H,4-5,8-9H2,1-3H3,(H,26,31). The molecule has 34 heavy (non-hydrogen) atoms. The van der Waals surface area contributed by atoms with E-state index in [1.807, 2.05) is 54.6 Å². The van der Waals surface area contributed by atoms with Gasteiger partial charge in [-0.3, -0.25) is 14.0 Å². The highest BCUT2D eigenvalue weighted by Crippen LogP contribution is 2.29. The van der Waals surface area contributed by atoms with Gasteiger partial charge in [-0.15, -0.1) is 10.2 Å². The number of amides is 1. The van der Waals surface area contributed by atoms with Gasteiger partial charge in [0, 0.05) is 6.04 Å². The zero-order valence-corrected chi connectivity index (χ0v) is 20.3. The van der Waals surface area contributed by atoms with Gasteiger partial charge in [0.25, 0.3) is 5.56 Å². The van der Waals surface area contributed by atoms with Crippen LogP contribution in [0.4, 0.5) is 0 Å². The molecule has 0 aliphatic heterocycles. The van der Waals surface area contributed by atoms with Crippen molar-refractivity contribution >= 4 is 34.3 Å². The normalized spacial score (nSPS) is 15.1. The summed E-state index contributed by atoms with van der Waals surface area (Å²) in [5.41, 5.74) is 2.07. The van der Waals surface area contributed by atoms with E-state index < -0.39 is 0 Å². The SMILES string of the molecule is COc1ccc(C)cc1-n1c(=O)c2ccccc2n2c(SC(C)C(=O)NC3CCCC3)nnc12. The first-order valence-electron chi connectivity index (χ1n) is 11.5. The number of hydrogen-bond acceptors (Lipinski definition) is 6. The number of ether oxygens (including phenoxy) is 1. The number of aromatic nitrogens is 4. The van der Waals surface area contributed by atoms with Crippen LogP contribution in [0.25, 0.3) is 22.4 Å². The van der Waals surface area contributed by atoms with Gasteiger partial charge in [0.15, 0.2) is 5.16 Å². The number of aryl methyl sites for hydroxylation is 1. The van der Waals surface area contributed by atoms with Gasteiger partial charge in [-0.1, -0.05) is 42.8 Å². The van der Waals surface area contributed by atoms with Crippen LogP contribution in [0.5, 0.6) is 5.75 Å². The minimum atomic E-state index is -0.361. The average Bonchev–Trinajstić information content (AvgIpc) is 3.50. The Morgan fingerprint density at radius 2 is 1.94 bits per heavy atom. The summed E-state index contributed by atoms with van der Waals surface area (Å²) < 4.78 is 8.95. The van der Waals surface area contributed by atoms with E-state index in [2.05, 4.69) is 15.5 Å². The quantitative estimate of drug-likeness (QED) is 0.424. The van der Waals surface area contributed by atoms with Crippen LogP contribution in [0.1, 0.15) is 38.2 Å². The van der Waals surface area contributed by atoms with Crippen LogP contribution in [0.15, 0.2) is 52.4 Å². The average molecular weight is 478 g/mol. The molecule has 1 fully saturated rings. The first-order valence-corrected chi connectivity index (χ1v) is 12.4. The van der Waals surface area contributed by atoms with Gasteiger partial charge in [0.1, 0.15) is 5.75 Å². The van der Waals surface area contributed by atoms with E-state index >= 15 is 0 Å². The fourth-order valence-electron chi connectivity index (χ4n) is 4.55. The van der Waals surface area contributed by atoms with E-state index in [9.17, 15) is 9.59 Å². The lowest BCUT2D eigenvalue weighted by atomic mass is 10.2. The van der Waals surface area contributed by atoms with Crippen LogP contribution >= 0.6 is 11.8 Å². The van der Waals surface area contributed by atoms with Crippen molar-refractivity contribution in [3.63, 3.8) is 0 Å². The molecule has 2 heterocycles. The van der Waals surface area contributed by atoms with Gasteiger partial charge in [0.2, 0.25) is 11.7 Å². The Morgan fingerprint density at radius 1 is 1.18 bits per heavy atom. The number of nitrogens with zero attached hydrogens (tertiary/aromatic N) is 4. The third-order valence-corrected chi connectivity index (χ3v) is 7.37. The molecule has 0 radical (unpaired) electrons. The van der Waals surface area contributed by atoms with Crippen molar-refractivity contribution in [1.82, 2.24) is 24.5 Å². The third-order valence-electron chi connectivity index (χ3n) is 6.32. The molecule has 176 valence electrons. The number of nitrogens with one attached hydrogen (secondary N) is 1. The van der Waals surface area contributed by atoms with E-state index in [1.165, 1.54) is 16.3 Å². The molecule has 1 atom stereocenters. The van der Waals surface area contributed by atoms with Gasteiger partial charge < -0.3 is 10.1 Å². The highest BCUT2D eigenvalue weighted by atomic mass is 32.2. The monoisotopic (exact) mass is 477 g/mol. The maximum Gasteiger partial charge on any atom is 0.267 e. The summed E-state index contributed by atoms with van der Waals surface area (Å²) in [4.78, 5) is 26.4. The topological polar surface area (TPSA) is 90.5 Å². The van der Waals surface area contributed by atoms with Crippen molar-refractivity contribution in [2.45, 2.75) is 56.0 Å². The summed E-state index contributed by atoms with van der Waals surface area (Å²) in [5, 5.41) is 12.7. The summed E-state index contributed by atoms with van der Waals surface area (Å²) in [5.74, 6) is 0.927. The summed E-state index contributed by atoms with van der Waals surface area (Å²) in [7, 11) is 1.58. The van der Waals surface area contributed by atoms with Crippen molar-refractivity contribution in [2.75, 3.05) is 7.11 Å². The molecule has 1 amide bonds. The Hall–Kier alpha value is -3.33. The van der Waals surface area contributed by atoms with Crippen molar-refractivity contribution in [3.05, 3.63) is 58.4 Å². The zero-order valence-electron chi connectivity index (χ0n) is 19.4. The highest BCUT2D eigenvalue weighted by Gasteiger charge is 2.25. The summed E-state index contributed by atoms with van der Waals surface area (Å²) in [6, 6.07) is 13.3. The summed E-state index contributed by atoms with van der Waals surface area (Å²) in [6.07, 6.45) is 4.39. The van der Waals surface area contributed by atoms with Gasteiger partial charge in [-0.05, 0) is 56.5 Å². The van der Waals surface area contributed by atoms with Crippen molar-refractivity contribution < 1.29 is 9.53 Å². The lowest BCUT2D eigenvalue weighted by molar-refractivity contribution is -0.120. The lowest BCUT2D eigenvalue weighted by Gasteiger charge is -2.17. The number of methoxy groups -OCH3 is 1. The second-order valence-electron chi connectivity index (χ2n) is 8.70. The first-order chi connectivity index (χ1) is 16.5. The molecule has 2 aromatic heterocycles. The molecule has 1 unspecified atom stereocenters. The smallest absolute Gasteiger partial charge is 0.267 e. The molecule has 5 rings (SSSR count). The maximum atomic E-state index is 13.6. The molecule has 9 heteroatoms. The fraction of sp³-hybridized carbons (Fsp3) is 0.360. The molecule has 0 saturated heterocycles. The van der Waals surface area contributed by atoms with Crippen LogP contribution in [0.3, 0.4) is 0 Å². The Morgan fingerprint density at radius 3 is 2.71 bits per heavy atom. The van der Waals surface area contributed by atoms with E-state index in [0.29, 0.717) is 33.3 Å². The van der Waals surface area contributed by atoms with Gasteiger partial charge >= 0.3 is 0 Å². The fourth-order valence-corrected chi connectivity index (χ4v) is 5.41. The van der Waals surface area contributed by atoms with Crippen molar-refractivity contribution in [3.8, 4) is 11.4 Å². The largest absolute Gasteiger partial charge is 0.495 e. The van der Waals surface area contributed by atoms with Crippen LogP contribution in [0.2, 0.25) is 0 Å². The number of benzene rings is 2. The molecule has 1 aliphatic rings. The molecule has 4 aromatic rings. The van der Waals surface area contributed by atoms with Crippen LogP contribution in [-0.2, 0) is 4.79 Å². The Kier molecular flexibility index (Phi) is 6.03. The minimum Gasteiger partial charge on any atom is -0.495 e. The first kappa shape index (κ1) is 22.5. The van der Waals surface area contributed by atoms with Crippen molar-refractivity contribution in [2.24, 2.45) is 0 Å². The predicted molar refractivity (Wildman–Crippen MR) is 133 cm³/mol.